The van der Waals surface area contributed by atoms with Gasteiger partial charge in [-0.05, 0) is 37.1 Å². The van der Waals surface area contributed by atoms with Crippen molar-refractivity contribution < 1.29 is 12.8 Å². The summed E-state index contributed by atoms with van der Waals surface area (Å²) in [6.07, 6.45) is 2.99. The van der Waals surface area contributed by atoms with Crippen LogP contribution in [-0.2, 0) is 22.2 Å². The Morgan fingerprint density at radius 1 is 1.24 bits per heavy atom. The van der Waals surface area contributed by atoms with Crippen molar-refractivity contribution in [2.24, 2.45) is 0 Å². The number of benzene rings is 1. The second kappa shape index (κ2) is 6.78. The van der Waals surface area contributed by atoms with E-state index in [1.54, 1.807) is 30.5 Å². The Kier molecular flexibility index (Phi) is 5.03. The Morgan fingerprint density at radius 3 is 2.67 bits per heavy atom. The molecular weight excluding hydrogens is 288 g/mol. The topological polar surface area (TPSA) is 85.3 Å². The predicted molar refractivity (Wildman–Crippen MR) is 83.1 cm³/mol. The van der Waals surface area contributed by atoms with Gasteiger partial charge >= 0.3 is 0 Å². The first-order valence-electron chi connectivity index (χ1n) is 6.82. The fourth-order valence-electron chi connectivity index (χ4n) is 2.09. The molecule has 0 aliphatic heterocycles. The van der Waals surface area contributed by atoms with Crippen LogP contribution in [0.3, 0.4) is 0 Å². The molecule has 1 atom stereocenters. The molecule has 1 heterocycles. The van der Waals surface area contributed by atoms with Gasteiger partial charge in [-0.3, -0.25) is 0 Å². The molecule has 0 bridgehead atoms. The number of furan rings is 1. The zero-order chi connectivity index (χ0) is 15.3. The molecule has 0 aliphatic rings. The Labute approximate surface area is 125 Å². The average molecular weight is 308 g/mol. The van der Waals surface area contributed by atoms with E-state index in [0.717, 1.165) is 5.76 Å². The van der Waals surface area contributed by atoms with Gasteiger partial charge in [-0.15, -0.1) is 0 Å². The lowest BCUT2D eigenvalue weighted by Crippen LogP contribution is -2.34. The van der Waals surface area contributed by atoms with Crippen LogP contribution < -0.4 is 10.5 Å². The second-order valence-corrected chi connectivity index (χ2v) is 6.85. The molecule has 3 N–H and O–H groups in total. The molecular formula is C15H20N2O3S. The number of hydrogen-bond acceptors (Lipinski definition) is 4. The fraction of sp³-hybridized carbons (Fsp3) is 0.333. The zero-order valence-corrected chi connectivity index (χ0v) is 12.8. The van der Waals surface area contributed by atoms with E-state index in [0.29, 0.717) is 24.1 Å². The average Bonchev–Trinajstić information content (AvgIpc) is 2.91. The van der Waals surface area contributed by atoms with Crippen molar-refractivity contribution in [2.45, 2.75) is 31.6 Å². The summed E-state index contributed by atoms with van der Waals surface area (Å²) in [4.78, 5) is 0. The monoisotopic (exact) mass is 308 g/mol. The number of aryl methyl sites for hydroxylation is 1. The maximum absolute atomic E-state index is 12.1. The van der Waals surface area contributed by atoms with E-state index in [1.807, 2.05) is 19.1 Å². The molecule has 0 saturated carbocycles. The smallest absolute Gasteiger partial charge is 0.216 e. The van der Waals surface area contributed by atoms with Gasteiger partial charge in [0.25, 0.3) is 0 Å². The highest BCUT2D eigenvalue weighted by Gasteiger charge is 2.16. The normalized spacial score (nSPS) is 13.2. The van der Waals surface area contributed by atoms with E-state index in [9.17, 15) is 8.42 Å². The van der Waals surface area contributed by atoms with Gasteiger partial charge in [-0.1, -0.05) is 18.2 Å². The van der Waals surface area contributed by atoms with Crippen molar-refractivity contribution in [3.05, 3.63) is 54.0 Å². The molecule has 2 rings (SSSR count). The van der Waals surface area contributed by atoms with Crippen LogP contribution in [0, 0.1) is 0 Å². The van der Waals surface area contributed by atoms with Crippen LogP contribution in [0.2, 0.25) is 0 Å². The third-order valence-corrected chi connectivity index (χ3v) is 4.64. The third-order valence-electron chi connectivity index (χ3n) is 3.19. The van der Waals surface area contributed by atoms with Crippen molar-refractivity contribution in [1.82, 2.24) is 4.72 Å². The largest absolute Gasteiger partial charge is 0.469 e. The molecule has 0 aliphatic carbocycles. The minimum atomic E-state index is -3.41. The minimum Gasteiger partial charge on any atom is -0.469 e. The van der Waals surface area contributed by atoms with E-state index in [-0.39, 0.29) is 11.8 Å². The molecule has 1 unspecified atom stereocenters. The summed E-state index contributed by atoms with van der Waals surface area (Å²) in [6, 6.07) is 10.5. The maximum atomic E-state index is 12.1. The van der Waals surface area contributed by atoms with Crippen molar-refractivity contribution in [2.75, 3.05) is 5.73 Å². The maximum Gasteiger partial charge on any atom is 0.216 e. The molecule has 0 amide bonds. The Balaban J connectivity index is 1.89. The summed E-state index contributed by atoms with van der Waals surface area (Å²) < 4.78 is 32.2. The standard InChI is InChI=1S/C15H20N2O3S/c1-12(8-9-14-6-4-10-20-14)17-21(18,19)11-13-5-2-3-7-15(13)16/h2-7,10,12,17H,8-9,11,16H2,1H3. The van der Waals surface area contributed by atoms with E-state index >= 15 is 0 Å². The highest BCUT2D eigenvalue weighted by molar-refractivity contribution is 7.88. The van der Waals surface area contributed by atoms with E-state index < -0.39 is 10.0 Å². The van der Waals surface area contributed by atoms with Crippen LogP contribution in [0.4, 0.5) is 5.69 Å². The van der Waals surface area contributed by atoms with Crippen LogP contribution in [0.25, 0.3) is 0 Å². The fourth-order valence-corrected chi connectivity index (χ4v) is 3.58. The number of nitrogens with one attached hydrogen (secondary N) is 1. The van der Waals surface area contributed by atoms with Crippen LogP contribution in [0.1, 0.15) is 24.7 Å². The highest BCUT2D eigenvalue weighted by Crippen LogP contribution is 2.14. The van der Waals surface area contributed by atoms with Crippen LogP contribution in [-0.4, -0.2) is 14.5 Å². The molecule has 21 heavy (non-hydrogen) atoms. The van der Waals surface area contributed by atoms with Gasteiger partial charge in [-0.2, -0.15) is 0 Å². The minimum absolute atomic E-state index is 0.106. The lowest BCUT2D eigenvalue weighted by atomic mass is 10.2. The number of sulfonamides is 1. The summed E-state index contributed by atoms with van der Waals surface area (Å²) in [5.74, 6) is 0.749. The molecule has 1 aromatic heterocycles. The molecule has 2 aromatic rings. The number of para-hydroxylation sites is 1. The number of anilines is 1. The van der Waals surface area contributed by atoms with Crippen LogP contribution in [0.5, 0.6) is 0 Å². The van der Waals surface area contributed by atoms with Crippen molar-refractivity contribution >= 4 is 15.7 Å². The Morgan fingerprint density at radius 2 is 2.00 bits per heavy atom. The van der Waals surface area contributed by atoms with Gasteiger partial charge in [0.15, 0.2) is 0 Å². The van der Waals surface area contributed by atoms with Gasteiger partial charge in [-0.25, -0.2) is 13.1 Å². The molecule has 1 aromatic carbocycles. The van der Waals surface area contributed by atoms with Crippen LogP contribution >= 0.6 is 0 Å². The summed E-state index contributed by atoms with van der Waals surface area (Å²) in [5, 5.41) is 0. The summed E-state index contributed by atoms with van der Waals surface area (Å²) >= 11 is 0. The predicted octanol–water partition coefficient (Wildman–Crippen LogP) is 2.30. The summed E-state index contributed by atoms with van der Waals surface area (Å²) in [5.41, 5.74) is 6.88. The van der Waals surface area contributed by atoms with Gasteiger partial charge in [0.05, 0.1) is 12.0 Å². The van der Waals surface area contributed by atoms with E-state index in [2.05, 4.69) is 4.72 Å². The molecule has 114 valence electrons. The molecule has 0 spiro atoms. The van der Waals surface area contributed by atoms with Gasteiger partial charge in [0.2, 0.25) is 10.0 Å². The van der Waals surface area contributed by atoms with Gasteiger partial charge < -0.3 is 10.2 Å². The molecule has 0 saturated heterocycles. The molecule has 0 radical (unpaired) electrons. The summed E-state index contributed by atoms with van der Waals surface area (Å²) in [7, 11) is -3.41. The van der Waals surface area contributed by atoms with E-state index in [4.69, 9.17) is 10.2 Å². The zero-order valence-electron chi connectivity index (χ0n) is 12.0. The first kappa shape index (κ1) is 15.6. The number of rotatable bonds is 7. The number of hydrogen-bond donors (Lipinski definition) is 2. The van der Waals surface area contributed by atoms with Crippen LogP contribution in [0.15, 0.2) is 47.1 Å². The first-order chi connectivity index (χ1) is 9.96. The molecule has 0 fully saturated rings. The quantitative estimate of drug-likeness (QED) is 0.769. The lowest BCUT2D eigenvalue weighted by Gasteiger charge is -2.14. The Hall–Kier alpha value is -1.79. The molecule has 6 heteroatoms. The van der Waals surface area contributed by atoms with Crippen molar-refractivity contribution in [3.63, 3.8) is 0 Å². The number of nitrogen functional groups attached to an aromatic ring is 1. The second-order valence-electron chi connectivity index (χ2n) is 5.09. The molecule has 5 nitrogen and oxygen atoms in total. The third kappa shape index (κ3) is 4.91. The highest BCUT2D eigenvalue weighted by atomic mass is 32.2. The van der Waals surface area contributed by atoms with E-state index in [1.165, 1.54) is 0 Å². The van der Waals surface area contributed by atoms with Crippen molar-refractivity contribution in [3.8, 4) is 0 Å². The van der Waals surface area contributed by atoms with Gasteiger partial charge in [0.1, 0.15) is 5.76 Å². The lowest BCUT2D eigenvalue weighted by molar-refractivity contribution is 0.480. The summed E-state index contributed by atoms with van der Waals surface area (Å²) in [6.45, 7) is 1.84. The SMILES string of the molecule is CC(CCc1ccco1)NS(=O)(=O)Cc1ccccc1N. The Bertz CT molecular complexity index is 666. The van der Waals surface area contributed by atoms with Crippen molar-refractivity contribution in [1.29, 1.82) is 0 Å². The number of nitrogens with two attached hydrogens (primary N) is 1. The first-order valence-corrected chi connectivity index (χ1v) is 8.47. The van der Waals surface area contributed by atoms with Gasteiger partial charge in [0, 0.05) is 18.2 Å².